The molecule has 0 spiro atoms. The summed E-state index contributed by atoms with van der Waals surface area (Å²) < 4.78 is 51.1. The molecule has 6 aromatic rings. The summed E-state index contributed by atoms with van der Waals surface area (Å²) in [6.45, 7) is 7.72. The van der Waals surface area contributed by atoms with Crippen LogP contribution in [0.5, 0.6) is 11.5 Å². The first-order chi connectivity index (χ1) is 28.1. The number of carbonyl (C=O) groups is 1. The van der Waals surface area contributed by atoms with E-state index in [0.29, 0.717) is 34.6 Å². The van der Waals surface area contributed by atoms with E-state index < -0.39 is 32.6 Å². The third-order valence-electron chi connectivity index (χ3n) is 10.2. The Balaban J connectivity index is 1.30. The Kier molecular flexibility index (Phi) is 12.8. The van der Waals surface area contributed by atoms with Crippen molar-refractivity contribution in [2.24, 2.45) is 0 Å². The summed E-state index contributed by atoms with van der Waals surface area (Å²) in [5, 5.41) is 2.87. The van der Waals surface area contributed by atoms with Crippen molar-refractivity contribution in [2.45, 2.75) is 70.2 Å². The number of amides is 1. The van der Waals surface area contributed by atoms with Crippen LogP contribution in [0.2, 0.25) is 0 Å². The Labute approximate surface area is 339 Å². The quantitative estimate of drug-likeness (QED) is 0.0749. The number of halogens is 1. The number of aromatic nitrogens is 4. The van der Waals surface area contributed by atoms with Gasteiger partial charge in [0, 0.05) is 24.1 Å². The summed E-state index contributed by atoms with van der Waals surface area (Å²) in [5.74, 6) is 1.32. The Morgan fingerprint density at radius 3 is 1.98 bits per heavy atom. The molecule has 3 heterocycles. The van der Waals surface area contributed by atoms with Crippen LogP contribution in [-0.2, 0) is 19.6 Å². The molecule has 2 aromatic heterocycles. The lowest BCUT2D eigenvalue weighted by Gasteiger charge is -2.39. The van der Waals surface area contributed by atoms with Crippen molar-refractivity contribution < 1.29 is 32.5 Å². The number of benzene rings is 4. The zero-order valence-corrected chi connectivity index (χ0v) is 34.3. The number of hydrogen-bond donors (Lipinski definition) is 1. The number of anilines is 1. The molecule has 1 N–H and O–H groups in total. The van der Waals surface area contributed by atoms with E-state index >= 15 is 4.20 Å². The third-order valence-corrected chi connectivity index (χ3v) is 11.9. The predicted octanol–water partition coefficient (Wildman–Crippen LogP) is 9.09. The van der Waals surface area contributed by atoms with Gasteiger partial charge in [-0.1, -0.05) is 72.8 Å². The maximum atomic E-state index is 16.1. The minimum atomic E-state index is -2.46. The Morgan fingerprint density at radius 2 is 1.41 bits per heavy atom. The Bertz CT molecular complexity index is 2210. The van der Waals surface area contributed by atoms with Gasteiger partial charge in [0.15, 0.2) is 17.0 Å². The highest BCUT2D eigenvalue weighted by molar-refractivity contribution is 7.44. The SMILES string of the molecule is COc1ccc(C(O[C@H]2C[C@H](n3cnc4c(NC(=O)c5ccccc5)ncnc43)O[C@@H]2COP(F)N(C(C)C)C(C)C)(c2ccccc2)c2ccc(OC)cc2)cc1. The van der Waals surface area contributed by atoms with E-state index in [0.717, 1.165) is 16.7 Å². The predicted molar refractivity (Wildman–Crippen MR) is 222 cm³/mol. The van der Waals surface area contributed by atoms with Crippen LogP contribution >= 0.6 is 8.61 Å². The molecular weight excluding hydrogens is 758 g/mol. The van der Waals surface area contributed by atoms with Gasteiger partial charge in [0.25, 0.3) is 5.91 Å². The second kappa shape index (κ2) is 18.1. The van der Waals surface area contributed by atoms with Crippen molar-refractivity contribution in [3.8, 4) is 11.5 Å². The maximum absolute atomic E-state index is 16.1. The van der Waals surface area contributed by atoms with Gasteiger partial charge >= 0.3 is 8.61 Å². The van der Waals surface area contributed by atoms with Gasteiger partial charge < -0.3 is 28.8 Å². The lowest BCUT2D eigenvalue weighted by atomic mass is 9.79. The normalized spacial score (nSPS) is 17.6. The number of hydrogen-bond acceptors (Lipinski definition) is 10. The van der Waals surface area contributed by atoms with Crippen molar-refractivity contribution in [1.29, 1.82) is 0 Å². The topological polar surface area (TPSA) is 122 Å². The van der Waals surface area contributed by atoms with E-state index in [4.69, 9.17) is 23.5 Å². The Morgan fingerprint density at radius 1 is 0.845 bits per heavy atom. The van der Waals surface area contributed by atoms with Crippen LogP contribution < -0.4 is 14.8 Å². The van der Waals surface area contributed by atoms with Crippen molar-refractivity contribution >= 4 is 31.5 Å². The first kappa shape index (κ1) is 40.9. The molecule has 14 heteroatoms. The number of imidazole rings is 1. The number of nitrogens with one attached hydrogen (secondary N) is 1. The smallest absolute Gasteiger partial charge is 0.304 e. The fraction of sp³-hybridized carbons (Fsp3) is 0.318. The van der Waals surface area contributed by atoms with Crippen LogP contribution in [0.15, 0.2) is 122 Å². The molecule has 1 saturated heterocycles. The van der Waals surface area contributed by atoms with Crippen molar-refractivity contribution in [1.82, 2.24) is 24.2 Å². The van der Waals surface area contributed by atoms with Gasteiger partial charge in [0.1, 0.15) is 35.8 Å². The van der Waals surface area contributed by atoms with Crippen LogP contribution in [-0.4, -0.2) is 75.2 Å². The average molecular weight is 807 g/mol. The summed E-state index contributed by atoms with van der Waals surface area (Å²) in [6.07, 6.45) is 1.26. The second-order valence-electron chi connectivity index (χ2n) is 14.5. The van der Waals surface area contributed by atoms with Crippen LogP contribution in [0.25, 0.3) is 11.2 Å². The Hall–Kier alpha value is -5.30. The van der Waals surface area contributed by atoms with Crippen LogP contribution in [0.1, 0.15) is 67.4 Å². The molecule has 4 aromatic carbocycles. The third kappa shape index (κ3) is 8.46. The molecule has 12 nitrogen and oxygen atoms in total. The molecule has 0 saturated carbocycles. The van der Waals surface area contributed by atoms with Gasteiger partial charge in [0.05, 0.1) is 33.3 Å². The van der Waals surface area contributed by atoms with Crippen molar-refractivity contribution in [2.75, 3.05) is 26.1 Å². The molecule has 0 bridgehead atoms. The van der Waals surface area contributed by atoms with E-state index in [2.05, 4.69) is 20.3 Å². The minimum absolute atomic E-state index is 0.0788. The average Bonchev–Trinajstić information content (AvgIpc) is 3.87. The van der Waals surface area contributed by atoms with Gasteiger partial charge in [-0.25, -0.2) is 19.6 Å². The molecule has 1 amide bonds. The molecule has 0 aliphatic carbocycles. The zero-order chi connectivity index (χ0) is 40.8. The molecule has 0 radical (unpaired) electrons. The molecule has 4 atom stereocenters. The summed E-state index contributed by atoms with van der Waals surface area (Å²) >= 11 is 0. The highest BCUT2D eigenvalue weighted by Gasteiger charge is 2.47. The fourth-order valence-corrected chi connectivity index (χ4v) is 8.61. The summed E-state index contributed by atoms with van der Waals surface area (Å²) in [6, 6.07) is 34.3. The molecular formula is C44H48FN6O6P. The molecule has 1 aliphatic rings. The standard InChI is InChI=1S/C44H48FN6O6P/c1-29(2)51(30(3)4)58(45)55-26-38-37(25-39(56-38)50-28-48-40-41(46-27-47-42(40)50)49-43(52)31-13-9-7-10-14-31)57-44(32-15-11-8-12-16-32,33-17-21-35(53-5)22-18-33)34-19-23-36(54-6)24-20-34/h7-24,27-30,37-39H,25-26H2,1-6H3,(H,46,47,49,52)/t37-,38+,39+,58?/m0/s1. The second-order valence-corrected chi connectivity index (χ2v) is 15.7. The minimum Gasteiger partial charge on any atom is -0.497 e. The highest BCUT2D eigenvalue weighted by atomic mass is 31.2. The van der Waals surface area contributed by atoms with Gasteiger partial charge in [-0.3, -0.25) is 9.36 Å². The molecule has 302 valence electrons. The summed E-state index contributed by atoms with van der Waals surface area (Å²) in [4.78, 5) is 26.6. The number of rotatable bonds is 16. The fourth-order valence-electron chi connectivity index (χ4n) is 7.49. The summed E-state index contributed by atoms with van der Waals surface area (Å²) in [7, 11) is 0.795. The molecule has 1 fully saturated rings. The number of methoxy groups -OCH3 is 2. The molecule has 1 unspecified atom stereocenters. The van der Waals surface area contributed by atoms with E-state index in [-0.39, 0.29) is 30.4 Å². The number of carbonyl (C=O) groups excluding carboxylic acids is 1. The lowest BCUT2D eigenvalue weighted by molar-refractivity contribution is -0.0962. The lowest BCUT2D eigenvalue weighted by Crippen LogP contribution is -2.41. The van der Waals surface area contributed by atoms with Crippen LogP contribution in [0, 0.1) is 0 Å². The maximum Gasteiger partial charge on any atom is 0.304 e. The number of ether oxygens (including phenoxy) is 4. The van der Waals surface area contributed by atoms with Gasteiger partial charge in [0.2, 0.25) is 0 Å². The first-order valence-electron chi connectivity index (χ1n) is 19.2. The molecule has 58 heavy (non-hydrogen) atoms. The first-order valence-corrected chi connectivity index (χ1v) is 20.3. The molecule has 1 aliphatic heterocycles. The van der Waals surface area contributed by atoms with E-state index in [1.54, 1.807) is 54.0 Å². The molecule has 7 rings (SSSR count). The number of nitrogens with zero attached hydrogens (tertiary/aromatic N) is 5. The summed E-state index contributed by atoms with van der Waals surface area (Å²) in [5.41, 5.74) is 2.68. The van der Waals surface area contributed by atoms with Gasteiger partial charge in [-0.2, -0.15) is 4.20 Å². The van der Waals surface area contributed by atoms with E-state index in [1.807, 2.05) is 113 Å². The van der Waals surface area contributed by atoms with E-state index in [1.165, 1.54) is 6.33 Å². The van der Waals surface area contributed by atoms with Crippen molar-refractivity contribution in [3.05, 3.63) is 144 Å². The largest absolute Gasteiger partial charge is 0.497 e. The zero-order valence-electron chi connectivity index (χ0n) is 33.4. The number of fused-ring (bicyclic) bond motifs is 1. The van der Waals surface area contributed by atoms with Crippen LogP contribution in [0.3, 0.4) is 0 Å². The highest BCUT2D eigenvalue weighted by Crippen LogP contribution is 2.49. The van der Waals surface area contributed by atoms with E-state index in [9.17, 15) is 4.79 Å². The van der Waals surface area contributed by atoms with Gasteiger partial charge in [-0.15, -0.1) is 0 Å². The van der Waals surface area contributed by atoms with Gasteiger partial charge in [-0.05, 0) is 80.8 Å². The monoisotopic (exact) mass is 806 g/mol. The van der Waals surface area contributed by atoms with Crippen molar-refractivity contribution in [3.63, 3.8) is 0 Å². The van der Waals surface area contributed by atoms with Crippen LogP contribution in [0.4, 0.5) is 10.0 Å².